The molecular formula is C18H25N3O3. The van der Waals surface area contributed by atoms with Crippen LogP contribution in [0.15, 0.2) is 24.3 Å². The highest BCUT2D eigenvalue weighted by Gasteiger charge is 2.25. The summed E-state index contributed by atoms with van der Waals surface area (Å²) in [5.41, 5.74) is 1.18. The van der Waals surface area contributed by atoms with Crippen molar-refractivity contribution in [2.75, 3.05) is 18.5 Å². The summed E-state index contributed by atoms with van der Waals surface area (Å²) in [4.78, 5) is 24.6. The van der Waals surface area contributed by atoms with E-state index in [2.05, 4.69) is 22.9 Å². The van der Waals surface area contributed by atoms with Crippen molar-refractivity contribution >= 4 is 17.5 Å². The first kappa shape index (κ1) is 16.9. The standard InChI is InChI=1S/C18H25N3O3/c1-12-15(7-3-9-19-12)21-17(22)13-5-2-6-14(11-13)20-18(23)16-8-4-10-24-16/h2,5-6,11-12,15-16,19H,3-4,7-10H2,1H3,(H,20,23)(H,21,22). The molecule has 1 aromatic rings. The van der Waals surface area contributed by atoms with Gasteiger partial charge in [-0.3, -0.25) is 9.59 Å². The lowest BCUT2D eigenvalue weighted by atomic mass is 9.99. The van der Waals surface area contributed by atoms with E-state index < -0.39 is 0 Å². The highest BCUT2D eigenvalue weighted by Crippen LogP contribution is 2.17. The number of anilines is 1. The zero-order chi connectivity index (χ0) is 16.9. The molecule has 0 aliphatic carbocycles. The Labute approximate surface area is 142 Å². The Hall–Kier alpha value is -1.92. The number of benzene rings is 1. The monoisotopic (exact) mass is 331 g/mol. The Balaban J connectivity index is 1.61. The largest absolute Gasteiger partial charge is 0.368 e. The number of ether oxygens (including phenoxy) is 1. The molecule has 3 unspecified atom stereocenters. The van der Waals surface area contributed by atoms with Gasteiger partial charge < -0.3 is 20.7 Å². The van der Waals surface area contributed by atoms with Crippen LogP contribution in [0.2, 0.25) is 0 Å². The van der Waals surface area contributed by atoms with E-state index in [0.29, 0.717) is 17.9 Å². The van der Waals surface area contributed by atoms with Gasteiger partial charge in [-0.25, -0.2) is 0 Å². The maximum atomic E-state index is 12.5. The van der Waals surface area contributed by atoms with Crippen LogP contribution in [-0.4, -0.2) is 43.2 Å². The summed E-state index contributed by atoms with van der Waals surface area (Å²) in [7, 11) is 0. The lowest BCUT2D eigenvalue weighted by molar-refractivity contribution is -0.124. The number of amides is 2. The van der Waals surface area contributed by atoms with E-state index in [-0.39, 0.29) is 30.0 Å². The number of hydrogen-bond acceptors (Lipinski definition) is 4. The van der Waals surface area contributed by atoms with E-state index in [1.165, 1.54) is 0 Å². The maximum absolute atomic E-state index is 12.5. The molecular weight excluding hydrogens is 306 g/mol. The summed E-state index contributed by atoms with van der Waals surface area (Å²) >= 11 is 0. The van der Waals surface area contributed by atoms with Crippen molar-refractivity contribution in [2.45, 2.75) is 50.8 Å². The maximum Gasteiger partial charge on any atom is 0.253 e. The molecule has 6 nitrogen and oxygen atoms in total. The van der Waals surface area contributed by atoms with Gasteiger partial charge in [0, 0.05) is 29.9 Å². The first-order chi connectivity index (χ1) is 11.6. The van der Waals surface area contributed by atoms with Crippen LogP contribution in [0.3, 0.4) is 0 Å². The Bertz CT molecular complexity index is 599. The van der Waals surface area contributed by atoms with E-state index in [0.717, 1.165) is 32.2 Å². The Morgan fingerprint density at radius 2 is 2.12 bits per heavy atom. The molecule has 0 saturated carbocycles. The molecule has 130 valence electrons. The van der Waals surface area contributed by atoms with Gasteiger partial charge in [-0.2, -0.15) is 0 Å². The summed E-state index contributed by atoms with van der Waals surface area (Å²) < 4.78 is 5.38. The molecule has 3 atom stereocenters. The molecule has 0 spiro atoms. The molecule has 0 aromatic heterocycles. The predicted octanol–water partition coefficient (Wildman–Crippen LogP) is 1.67. The smallest absolute Gasteiger partial charge is 0.253 e. The van der Waals surface area contributed by atoms with Crippen molar-refractivity contribution < 1.29 is 14.3 Å². The zero-order valence-electron chi connectivity index (χ0n) is 14.0. The van der Waals surface area contributed by atoms with Crippen molar-refractivity contribution in [3.8, 4) is 0 Å². The summed E-state index contributed by atoms with van der Waals surface area (Å²) in [6.07, 6.45) is 3.33. The second kappa shape index (κ2) is 7.77. The summed E-state index contributed by atoms with van der Waals surface area (Å²) in [6, 6.07) is 7.44. The van der Waals surface area contributed by atoms with Crippen LogP contribution in [0.4, 0.5) is 5.69 Å². The summed E-state index contributed by atoms with van der Waals surface area (Å²) in [6.45, 7) is 3.72. The molecule has 2 fully saturated rings. The number of piperidine rings is 1. The van der Waals surface area contributed by atoms with Crippen LogP contribution in [0.25, 0.3) is 0 Å². The first-order valence-corrected chi connectivity index (χ1v) is 8.70. The Morgan fingerprint density at radius 3 is 2.88 bits per heavy atom. The number of nitrogens with one attached hydrogen (secondary N) is 3. The average Bonchev–Trinajstić information content (AvgIpc) is 3.12. The molecule has 3 N–H and O–H groups in total. The third kappa shape index (κ3) is 4.13. The van der Waals surface area contributed by atoms with Gasteiger partial charge in [0.25, 0.3) is 11.8 Å². The highest BCUT2D eigenvalue weighted by molar-refractivity contribution is 5.98. The molecule has 2 aliphatic rings. The molecule has 3 rings (SSSR count). The minimum absolute atomic E-state index is 0.108. The highest BCUT2D eigenvalue weighted by atomic mass is 16.5. The van der Waals surface area contributed by atoms with Crippen molar-refractivity contribution in [3.05, 3.63) is 29.8 Å². The zero-order valence-corrected chi connectivity index (χ0v) is 14.0. The van der Waals surface area contributed by atoms with Crippen molar-refractivity contribution in [1.82, 2.24) is 10.6 Å². The van der Waals surface area contributed by atoms with Gasteiger partial charge in [0.05, 0.1) is 0 Å². The van der Waals surface area contributed by atoms with Gasteiger partial charge in [0.1, 0.15) is 6.10 Å². The fraction of sp³-hybridized carbons (Fsp3) is 0.556. The van der Waals surface area contributed by atoms with Crippen molar-refractivity contribution in [3.63, 3.8) is 0 Å². The molecule has 0 bridgehead atoms. The topological polar surface area (TPSA) is 79.5 Å². The molecule has 0 radical (unpaired) electrons. The molecule has 24 heavy (non-hydrogen) atoms. The lowest BCUT2D eigenvalue weighted by Crippen LogP contribution is -2.51. The van der Waals surface area contributed by atoms with Gasteiger partial charge in [-0.15, -0.1) is 0 Å². The molecule has 1 aromatic carbocycles. The molecule has 2 heterocycles. The number of carbonyl (C=O) groups excluding carboxylic acids is 2. The second-order valence-corrected chi connectivity index (χ2v) is 6.54. The van der Waals surface area contributed by atoms with E-state index in [4.69, 9.17) is 4.74 Å². The molecule has 2 amide bonds. The quantitative estimate of drug-likeness (QED) is 0.784. The van der Waals surface area contributed by atoms with Crippen LogP contribution in [-0.2, 0) is 9.53 Å². The van der Waals surface area contributed by atoms with E-state index >= 15 is 0 Å². The fourth-order valence-corrected chi connectivity index (χ4v) is 3.24. The minimum Gasteiger partial charge on any atom is -0.368 e. The first-order valence-electron chi connectivity index (χ1n) is 8.70. The van der Waals surface area contributed by atoms with Crippen LogP contribution < -0.4 is 16.0 Å². The minimum atomic E-state index is -0.378. The van der Waals surface area contributed by atoms with E-state index in [1.807, 2.05) is 0 Å². The third-order valence-electron chi connectivity index (χ3n) is 4.69. The van der Waals surface area contributed by atoms with Gasteiger partial charge in [0.15, 0.2) is 0 Å². The lowest BCUT2D eigenvalue weighted by Gasteiger charge is -2.30. The van der Waals surface area contributed by atoms with Crippen LogP contribution in [0, 0.1) is 0 Å². The summed E-state index contributed by atoms with van der Waals surface area (Å²) in [5.74, 6) is -0.251. The summed E-state index contributed by atoms with van der Waals surface area (Å²) in [5, 5.41) is 9.29. The van der Waals surface area contributed by atoms with Gasteiger partial charge in [-0.1, -0.05) is 6.07 Å². The Morgan fingerprint density at radius 1 is 1.25 bits per heavy atom. The number of carbonyl (C=O) groups is 2. The fourth-order valence-electron chi connectivity index (χ4n) is 3.24. The number of rotatable bonds is 4. The van der Waals surface area contributed by atoms with E-state index in [1.54, 1.807) is 24.3 Å². The molecule has 2 saturated heterocycles. The van der Waals surface area contributed by atoms with Crippen LogP contribution in [0.5, 0.6) is 0 Å². The molecule has 6 heteroatoms. The second-order valence-electron chi connectivity index (χ2n) is 6.54. The Kier molecular flexibility index (Phi) is 5.48. The average molecular weight is 331 g/mol. The van der Waals surface area contributed by atoms with Crippen molar-refractivity contribution in [1.29, 1.82) is 0 Å². The SMILES string of the molecule is CC1NCCCC1NC(=O)c1cccc(NC(=O)C2CCCO2)c1. The molecule has 2 aliphatic heterocycles. The third-order valence-corrected chi connectivity index (χ3v) is 4.69. The van der Waals surface area contributed by atoms with Crippen molar-refractivity contribution in [2.24, 2.45) is 0 Å². The van der Waals surface area contributed by atoms with Crippen LogP contribution >= 0.6 is 0 Å². The van der Waals surface area contributed by atoms with Crippen LogP contribution in [0.1, 0.15) is 43.0 Å². The normalized spacial score (nSPS) is 26.8. The number of hydrogen-bond donors (Lipinski definition) is 3. The predicted molar refractivity (Wildman–Crippen MR) is 92.0 cm³/mol. The van der Waals surface area contributed by atoms with Gasteiger partial charge in [-0.05, 0) is 57.4 Å². The van der Waals surface area contributed by atoms with Gasteiger partial charge in [0.2, 0.25) is 0 Å². The van der Waals surface area contributed by atoms with E-state index in [9.17, 15) is 9.59 Å². The van der Waals surface area contributed by atoms with Gasteiger partial charge >= 0.3 is 0 Å².